The Morgan fingerprint density at radius 1 is 1.11 bits per heavy atom. The van der Waals surface area contributed by atoms with Gasteiger partial charge >= 0.3 is 0 Å². The molecular formula is C16H27NO. The standard InChI is InChI=1S/C16H27NO/c1-11(2)16(18-6)15(17-5)10-14-8-12(3)7-13(4)9-14/h7-9,11,15-17H,10H2,1-6H3. The molecule has 0 saturated carbocycles. The van der Waals surface area contributed by atoms with E-state index in [0.29, 0.717) is 12.0 Å². The van der Waals surface area contributed by atoms with Crippen LogP contribution in [0.5, 0.6) is 0 Å². The minimum atomic E-state index is 0.246. The van der Waals surface area contributed by atoms with Crippen LogP contribution in [0, 0.1) is 19.8 Å². The topological polar surface area (TPSA) is 21.3 Å². The van der Waals surface area contributed by atoms with Gasteiger partial charge < -0.3 is 10.1 Å². The molecular weight excluding hydrogens is 222 g/mol. The summed E-state index contributed by atoms with van der Waals surface area (Å²) in [6, 6.07) is 7.11. The Labute approximate surface area is 112 Å². The summed E-state index contributed by atoms with van der Waals surface area (Å²) in [4.78, 5) is 0. The monoisotopic (exact) mass is 249 g/mol. The highest BCUT2D eigenvalue weighted by atomic mass is 16.5. The first-order chi connectivity index (χ1) is 8.47. The molecule has 1 aromatic rings. The third-order valence-electron chi connectivity index (χ3n) is 3.43. The molecule has 1 N–H and O–H groups in total. The Morgan fingerprint density at radius 2 is 1.67 bits per heavy atom. The molecule has 0 bridgehead atoms. The van der Waals surface area contributed by atoms with E-state index in [9.17, 15) is 0 Å². The molecule has 0 radical (unpaired) electrons. The Kier molecular flexibility index (Phi) is 5.83. The van der Waals surface area contributed by atoms with Gasteiger partial charge in [0.2, 0.25) is 0 Å². The van der Waals surface area contributed by atoms with E-state index in [0.717, 1.165) is 6.42 Å². The number of aryl methyl sites for hydroxylation is 2. The van der Waals surface area contributed by atoms with Crippen molar-refractivity contribution in [2.75, 3.05) is 14.2 Å². The molecule has 0 fully saturated rings. The minimum absolute atomic E-state index is 0.246. The van der Waals surface area contributed by atoms with Crippen LogP contribution in [0.3, 0.4) is 0 Å². The van der Waals surface area contributed by atoms with Crippen molar-refractivity contribution in [2.24, 2.45) is 5.92 Å². The molecule has 0 aliphatic rings. The van der Waals surface area contributed by atoms with Crippen LogP contribution < -0.4 is 5.32 Å². The van der Waals surface area contributed by atoms with Gasteiger partial charge in [-0.05, 0) is 38.8 Å². The highest BCUT2D eigenvalue weighted by Crippen LogP contribution is 2.17. The average Bonchev–Trinajstić information content (AvgIpc) is 2.26. The van der Waals surface area contributed by atoms with E-state index in [4.69, 9.17) is 4.74 Å². The number of benzene rings is 1. The van der Waals surface area contributed by atoms with Gasteiger partial charge in [0.15, 0.2) is 0 Å². The molecule has 0 aromatic heterocycles. The van der Waals surface area contributed by atoms with Crippen molar-refractivity contribution in [2.45, 2.75) is 46.3 Å². The first-order valence-electron chi connectivity index (χ1n) is 6.75. The number of nitrogens with one attached hydrogen (secondary N) is 1. The number of hydrogen-bond donors (Lipinski definition) is 1. The summed E-state index contributed by atoms with van der Waals surface area (Å²) >= 11 is 0. The predicted octanol–water partition coefficient (Wildman–Crippen LogP) is 3.10. The van der Waals surface area contributed by atoms with Crippen LogP contribution in [-0.4, -0.2) is 26.3 Å². The fraction of sp³-hybridized carbons (Fsp3) is 0.625. The van der Waals surface area contributed by atoms with Gasteiger partial charge in [-0.15, -0.1) is 0 Å². The van der Waals surface area contributed by atoms with Crippen LogP contribution in [0.15, 0.2) is 18.2 Å². The lowest BCUT2D eigenvalue weighted by molar-refractivity contribution is 0.0354. The van der Waals surface area contributed by atoms with Crippen LogP contribution in [0.25, 0.3) is 0 Å². The highest BCUT2D eigenvalue weighted by molar-refractivity contribution is 5.29. The number of ether oxygens (including phenoxy) is 1. The van der Waals surface area contributed by atoms with Gasteiger partial charge in [0.05, 0.1) is 6.10 Å². The molecule has 0 aliphatic carbocycles. The zero-order valence-corrected chi connectivity index (χ0v) is 12.6. The van der Waals surface area contributed by atoms with Gasteiger partial charge in [0, 0.05) is 13.2 Å². The van der Waals surface area contributed by atoms with Crippen molar-refractivity contribution < 1.29 is 4.74 Å². The van der Waals surface area contributed by atoms with E-state index in [1.54, 1.807) is 7.11 Å². The van der Waals surface area contributed by atoms with Crippen LogP contribution in [0.4, 0.5) is 0 Å². The molecule has 2 unspecified atom stereocenters. The van der Waals surface area contributed by atoms with E-state index in [1.807, 2.05) is 7.05 Å². The Bertz CT molecular complexity index is 353. The van der Waals surface area contributed by atoms with Gasteiger partial charge in [-0.2, -0.15) is 0 Å². The summed E-state index contributed by atoms with van der Waals surface area (Å²) in [5, 5.41) is 3.40. The molecule has 2 nitrogen and oxygen atoms in total. The van der Waals surface area contributed by atoms with E-state index < -0.39 is 0 Å². The molecule has 0 aliphatic heterocycles. The second kappa shape index (κ2) is 6.91. The lowest BCUT2D eigenvalue weighted by Crippen LogP contribution is -2.43. The third-order valence-corrected chi connectivity index (χ3v) is 3.43. The molecule has 0 saturated heterocycles. The minimum Gasteiger partial charge on any atom is -0.380 e. The van der Waals surface area contributed by atoms with Crippen molar-refractivity contribution in [1.82, 2.24) is 5.32 Å². The number of hydrogen-bond acceptors (Lipinski definition) is 2. The maximum absolute atomic E-state index is 5.63. The second-order valence-electron chi connectivity index (χ2n) is 5.54. The molecule has 0 amide bonds. The summed E-state index contributed by atoms with van der Waals surface area (Å²) in [5.41, 5.74) is 4.05. The summed E-state index contributed by atoms with van der Waals surface area (Å²) in [6.07, 6.45) is 1.26. The van der Waals surface area contributed by atoms with Gasteiger partial charge in [0.25, 0.3) is 0 Å². The Morgan fingerprint density at radius 3 is 2.06 bits per heavy atom. The first-order valence-corrected chi connectivity index (χ1v) is 6.75. The van der Waals surface area contributed by atoms with Crippen LogP contribution in [0.1, 0.15) is 30.5 Å². The molecule has 2 atom stereocenters. The molecule has 0 heterocycles. The van der Waals surface area contributed by atoms with Crippen molar-refractivity contribution in [1.29, 1.82) is 0 Å². The number of methoxy groups -OCH3 is 1. The fourth-order valence-electron chi connectivity index (χ4n) is 2.72. The first kappa shape index (κ1) is 15.2. The van der Waals surface area contributed by atoms with Crippen molar-refractivity contribution >= 4 is 0 Å². The average molecular weight is 249 g/mol. The molecule has 102 valence electrons. The molecule has 1 aromatic carbocycles. The van der Waals surface area contributed by atoms with Gasteiger partial charge in [-0.1, -0.05) is 43.2 Å². The Hall–Kier alpha value is -0.860. The molecule has 1 rings (SSSR count). The van der Waals surface area contributed by atoms with E-state index in [-0.39, 0.29) is 6.10 Å². The zero-order valence-electron chi connectivity index (χ0n) is 12.6. The molecule has 2 heteroatoms. The van der Waals surface area contributed by atoms with E-state index >= 15 is 0 Å². The number of rotatable bonds is 6. The lowest BCUT2D eigenvalue weighted by Gasteiger charge is -2.29. The Balaban J connectivity index is 2.84. The maximum Gasteiger partial charge on any atom is 0.0750 e. The number of likely N-dealkylation sites (N-methyl/N-ethyl adjacent to an activating group) is 1. The fourth-order valence-corrected chi connectivity index (χ4v) is 2.72. The summed E-state index contributed by atoms with van der Waals surface area (Å²) in [6.45, 7) is 8.72. The quantitative estimate of drug-likeness (QED) is 0.836. The largest absolute Gasteiger partial charge is 0.380 e. The third kappa shape index (κ3) is 4.11. The SMILES string of the molecule is CNC(Cc1cc(C)cc(C)c1)C(OC)C(C)C. The normalized spacial score (nSPS) is 14.8. The highest BCUT2D eigenvalue weighted by Gasteiger charge is 2.23. The van der Waals surface area contributed by atoms with Crippen LogP contribution in [0.2, 0.25) is 0 Å². The van der Waals surface area contributed by atoms with Gasteiger partial charge in [-0.25, -0.2) is 0 Å². The van der Waals surface area contributed by atoms with Gasteiger partial charge in [0.1, 0.15) is 0 Å². The molecule has 18 heavy (non-hydrogen) atoms. The van der Waals surface area contributed by atoms with Crippen LogP contribution in [-0.2, 0) is 11.2 Å². The van der Waals surface area contributed by atoms with Crippen LogP contribution >= 0.6 is 0 Å². The van der Waals surface area contributed by atoms with Crippen molar-refractivity contribution in [3.63, 3.8) is 0 Å². The summed E-state index contributed by atoms with van der Waals surface area (Å²) in [5.74, 6) is 0.512. The predicted molar refractivity (Wildman–Crippen MR) is 78.1 cm³/mol. The zero-order chi connectivity index (χ0) is 13.7. The second-order valence-corrected chi connectivity index (χ2v) is 5.54. The van der Waals surface area contributed by atoms with E-state index in [2.05, 4.69) is 51.2 Å². The lowest BCUT2D eigenvalue weighted by atomic mass is 9.93. The maximum atomic E-state index is 5.63. The summed E-state index contributed by atoms with van der Waals surface area (Å²) in [7, 11) is 3.82. The molecule has 0 spiro atoms. The van der Waals surface area contributed by atoms with Gasteiger partial charge in [-0.3, -0.25) is 0 Å². The summed E-state index contributed by atoms with van der Waals surface area (Å²) < 4.78 is 5.63. The van der Waals surface area contributed by atoms with E-state index in [1.165, 1.54) is 16.7 Å². The van der Waals surface area contributed by atoms with Crippen molar-refractivity contribution in [3.8, 4) is 0 Å². The van der Waals surface area contributed by atoms with Crippen molar-refractivity contribution in [3.05, 3.63) is 34.9 Å². The smallest absolute Gasteiger partial charge is 0.0750 e.